The van der Waals surface area contributed by atoms with Crippen molar-refractivity contribution in [1.29, 1.82) is 0 Å². The molecule has 1 aliphatic rings. The molecule has 1 heterocycles. The lowest BCUT2D eigenvalue weighted by Gasteiger charge is -2.29. The van der Waals surface area contributed by atoms with E-state index < -0.39 is 0 Å². The Labute approximate surface area is 155 Å². The van der Waals surface area contributed by atoms with Gasteiger partial charge in [-0.15, -0.1) is 11.6 Å². The van der Waals surface area contributed by atoms with Crippen molar-refractivity contribution in [2.24, 2.45) is 0 Å². The number of esters is 1. The fourth-order valence-corrected chi connectivity index (χ4v) is 3.23. The molecule has 0 radical (unpaired) electrons. The number of halogens is 1. The van der Waals surface area contributed by atoms with E-state index in [1.165, 1.54) is 5.56 Å². The zero-order valence-corrected chi connectivity index (χ0v) is 16.1. The molecular weight excluding hydrogens is 340 g/mol. The number of rotatable bonds is 10. The van der Waals surface area contributed by atoms with Crippen LogP contribution in [0.1, 0.15) is 57.1 Å². The van der Waals surface area contributed by atoms with Crippen LogP contribution in [-0.2, 0) is 22.4 Å². The van der Waals surface area contributed by atoms with Gasteiger partial charge in [0.1, 0.15) is 11.5 Å². The average molecular weight is 369 g/mol. The van der Waals surface area contributed by atoms with Gasteiger partial charge in [-0.1, -0.05) is 19.4 Å². The molecule has 1 aromatic carbocycles. The van der Waals surface area contributed by atoms with Crippen molar-refractivity contribution in [1.82, 2.24) is 0 Å². The summed E-state index contributed by atoms with van der Waals surface area (Å²) in [7, 11) is 0. The largest absolute Gasteiger partial charge is 0.493 e. The van der Waals surface area contributed by atoms with Crippen LogP contribution in [0.15, 0.2) is 12.1 Å². The predicted molar refractivity (Wildman–Crippen MR) is 99.9 cm³/mol. The summed E-state index contributed by atoms with van der Waals surface area (Å²) in [5.74, 6) is 2.31. The Bertz CT molecular complexity index is 559. The van der Waals surface area contributed by atoms with Crippen LogP contribution in [0.5, 0.6) is 11.5 Å². The quantitative estimate of drug-likeness (QED) is 0.341. The fraction of sp³-hybridized carbons (Fsp3) is 0.650. The van der Waals surface area contributed by atoms with Gasteiger partial charge in [-0.2, -0.15) is 0 Å². The van der Waals surface area contributed by atoms with Gasteiger partial charge in [0, 0.05) is 17.9 Å². The Morgan fingerprint density at radius 2 is 2.20 bits per heavy atom. The third-order valence-electron chi connectivity index (χ3n) is 4.33. The molecule has 1 aromatic rings. The number of carbonyl (C=O) groups is 1. The second-order valence-electron chi connectivity index (χ2n) is 6.29. The Balaban J connectivity index is 2.08. The number of alkyl halides is 1. The normalized spacial score (nSPS) is 16.0. The van der Waals surface area contributed by atoms with Crippen molar-refractivity contribution < 1.29 is 19.0 Å². The Morgan fingerprint density at radius 1 is 1.36 bits per heavy atom. The van der Waals surface area contributed by atoms with E-state index in [9.17, 15) is 4.79 Å². The van der Waals surface area contributed by atoms with Crippen molar-refractivity contribution in [3.63, 3.8) is 0 Å². The molecule has 0 amide bonds. The molecule has 1 aliphatic heterocycles. The van der Waals surface area contributed by atoms with Crippen LogP contribution in [0, 0.1) is 0 Å². The summed E-state index contributed by atoms with van der Waals surface area (Å²) >= 11 is 5.74. The molecule has 0 fully saturated rings. The molecular formula is C20H29ClO4. The number of ether oxygens (including phenoxy) is 3. The van der Waals surface area contributed by atoms with E-state index in [1.807, 2.05) is 6.92 Å². The van der Waals surface area contributed by atoms with Gasteiger partial charge in [0.05, 0.1) is 19.3 Å². The second kappa shape index (κ2) is 10.5. The lowest BCUT2D eigenvalue weighted by Crippen LogP contribution is -2.25. The molecule has 0 aliphatic carbocycles. The molecule has 0 saturated carbocycles. The van der Waals surface area contributed by atoms with Crippen molar-refractivity contribution in [2.45, 2.75) is 64.9 Å². The average Bonchev–Trinajstić information content (AvgIpc) is 2.62. The van der Waals surface area contributed by atoms with Gasteiger partial charge >= 0.3 is 5.97 Å². The Morgan fingerprint density at radius 3 is 2.92 bits per heavy atom. The Hall–Kier alpha value is -1.42. The minimum absolute atomic E-state index is 0.0607. The highest BCUT2D eigenvalue weighted by molar-refractivity contribution is 6.17. The summed E-state index contributed by atoms with van der Waals surface area (Å²) < 4.78 is 17.2. The first kappa shape index (κ1) is 19.9. The highest BCUT2D eigenvalue weighted by atomic mass is 35.5. The summed E-state index contributed by atoms with van der Waals surface area (Å²) in [4.78, 5) is 11.6. The monoisotopic (exact) mass is 368 g/mol. The highest BCUT2D eigenvalue weighted by Gasteiger charge is 2.25. The van der Waals surface area contributed by atoms with Crippen molar-refractivity contribution in [2.75, 3.05) is 19.1 Å². The second-order valence-corrected chi connectivity index (χ2v) is 6.67. The maximum atomic E-state index is 11.6. The van der Waals surface area contributed by atoms with E-state index >= 15 is 0 Å². The third kappa shape index (κ3) is 5.81. The molecule has 0 aromatic heterocycles. The lowest BCUT2D eigenvalue weighted by atomic mass is 9.95. The van der Waals surface area contributed by atoms with Gasteiger partial charge in [-0.25, -0.2) is 0 Å². The smallest absolute Gasteiger partial charge is 0.305 e. The molecule has 0 N–H and O–H groups in total. The summed E-state index contributed by atoms with van der Waals surface area (Å²) in [6, 6.07) is 4.16. The number of fused-ring (bicyclic) bond motifs is 1. The van der Waals surface area contributed by atoms with E-state index in [2.05, 4.69) is 19.1 Å². The number of hydrogen-bond acceptors (Lipinski definition) is 4. The van der Waals surface area contributed by atoms with Gasteiger partial charge in [-0.3, -0.25) is 4.79 Å². The van der Waals surface area contributed by atoms with Crippen molar-refractivity contribution >= 4 is 17.6 Å². The standard InChI is InChI=1S/C20H29ClO4/c1-3-6-17-18(24-14-5-13-21)11-8-15-7-9-16(25-20(15)17)10-12-19(22)23-4-2/h8,11,16H,3-7,9-10,12-14H2,1-2H3. The van der Waals surface area contributed by atoms with Gasteiger partial charge in [0.25, 0.3) is 0 Å². The third-order valence-corrected chi connectivity index (χ3v) is 4.60. The molecule has 0 bridgehead atoms. The van der Waals surface area contributed by atoms with Crippen LogP contribution >= 0.6 is 11.6 Å². The van der Waals surface area contributed by atoms with Crippen LogP contribution in [0.2, 0.25) is 0 Å². The van der Waals surface area contributed by atoms with Crippen molar-refractivity contribution in [3.8, 4) is 11.5 Å². The molecule has 4 nitrogen and oxygen atoms in total. The zero-order valence-electron chi connectivity index (χ0n) is 15.3. The number of aryl methyl sites for hydroxylation is 1. The molecule has 140 valence electrons. The number of hydrogen-bond donors (Lipinski definition) is 0. The molecule has 1 unspecified atom stereocenters. The van der Waals surface area contributed by atoms with E-state index in [0.717, 1.165) is 49.2 Å². The molecule has 0 saturated heterocycles. The molecule has 5 heteroatoms. The van der Waals surface area contributed by atoms with E-state index in [1.54, 1.807) is 0 Å². The van der Waals surface area contributed by atoms with Crippen LogP contribution in [-0.4, -0.2) is 31.2 Å². The molecule has 2 rings (SSSR count). The Kier molecular flexibility index (Phi) is 8.39. The topological polar surface area (TPSA) is 44.8 Å². The van der Waals surface area contributed by atoms with Gasteiger partial charge in [-0.05, 0) is 50.7 Å². The zero-order chi connectivity index (χ0) is 18.1. The molecule has 0 spiro atoms. The summed E-state index contributed by atoms with van der Waals surface area (Å²) in [5.41, 5.74) is 2.39. The first-order valence-electron chi connectivity index (χ1n) is 9.35. The van der Waals surface area contributed by atoms with Crippen LogP contribution in [0.4, 0.5) is 0 Å². The molecule has 25 heavy (non-hydrogen) atoms. The SMILES string of the molecule is CCCc1c(OCCCCl)ccc2c1OC(CCC(=O)OCC)CC2. The van der Waals surface area contributed by atoms with Crippen LogP contribution in [0.25, 0.3) is 0 Å². The highest BCUT2D eigenvalue weighted by Crippen LogP contribution is 2.38. The fourth-order valence-electron chi connectivity index (χ4n) is 3.12. The summed E-state index contributed by atoms with van der Waals surface area (Å²) in [6.45, 7) is 5.03. The number of carbonyl (C=O) groups excluding carboxylic acids is 1. The maximum Gasteiger partial charge on any atom is 0.305 e. The van der Waals surface area contributed by atoms with Gasteiger partial charge < -0.3 is 14.2 Å². The molecule has 1 atom stereocenters. The summed E-state index contributed by atoms with van der Waals surface area (Å²) in [6.07, 6.45) is 5.84. The van der Waals surface area contributed by atoms with E-state index in [0.29, 0.717) is 31.9 Å². The first-order valence-corrected chi connectivity index (χ1v) is 9.88. The lowest BCUT2D eigenvalue weighted by molar-refractivity contribution is -0.143. The van der Waals surface area contributed by atoms with Gasteiger partial charge in [0.15, 0.2) is 0 Å². The minimum Gasteiger partial charge on any atom is -0.493 e. The van der Waals surface area contributed by atoms with Crippen LogP contribution < -0.4 is 9.47 Å². The van der Waals surface area contributed by atoms with Crippen molar-refractivity contribution in [3.05, 3.63) is 23.3 Å². The minimum atomic E-state index is -0.149. The van der Waals surface area contributed by atoms with E-state index in [-0.39, 0.29) is 12.1 Å². The summed E-state index contributed by atoms with van der Waals surface area (Å²) in [5, 5.41) is 0. The van der Waals surface area contributed by atoms with Crippen LogP contribution in [0.3, 0.4) is 0 Å². The predicted octanol–water partition coefficient (Wildman–Crippen LogP) is 4.68. The number of benzene rings is 1. The van der Waals surface area contributed by atoms with E-state index in [4.69, 9.17) is 25.8 Å². The maximum absolute atomic E-state index is 11.6. The first-order chi connectivity index (χ1) is 12.2. The van der Waals surface area contributed by atoms with Gasteiger partial charge in [0.2, 0.25) is 0 Å².